The van der Waals surface area contributed by atoms with Gasteiger partial charge in [-0.2, -0.15) is 0 Å². The zero-order chi connectivity index (χ0) is 19.5. The summed E-state index contributed by atoms with van der Waals surface area (Å²) in [5.41, 5.74) is 1.14. The number of halogens is 3. The van der Waals surface area contributed by atoms with Crippen LogP contribution in [-0.4, -0.2) is 45.9 Å². The van der Waals surface area contributed by atoms with Crippen LogP contribution in [-0.2, 0) is 9.47 Å². The molecule has 1 aromatic rings. The monoisotopic (exact) mass is 387 g/mol. The molecule has 0 aromatic heterocycles. The lowest BCUT2D eigenvalue weighted by Gasteiger charge is -2.44. The molecule has 1 aromatic carbocycles. The van der Waals surface area contributed by atoms with Gasteiger partial charge in [0.25, 0.3) is 0 Å². The minimum atomic E-state index is -4.65. The molecule has 1 spiro atoms. The van der Waals surface area contributed by atoms with Gasteiger partial charge >= 0.3 is 6.36 Å². The summed E-state index contributed by atoms with van der Waals surface area (Å²) in [6.45, 7) is 2.58. The summed E-state index contributed by atoms with van der Waals surface area (Å²) in [4.78, 5) is 2.27. The van der Waals surface area contributed by atoms with Gasteiger partial charge in [-0.1, -0.05) is 0 Å². The van der Waals surface area contributed by atoms with Crippen molar-refractivity contribution in [3.8, 4) is 5.75 Å². The van der Waals surface area contributed by atoms with Crippen LogP contribution in [0.4, 0.5) is 18.9 Å². The third kappa shape index (κ3) is 4.88. The smallest absolute Gasteiger partial charge is 0.406 e. The molecule has 0 unspecified atom stereocenters. The number of ether oxygens (including phenoxy) is 3. The average molecular weight is 387 g/mol. The van der Waals surface area contributed by atoms with Crippen molar-refractivity contribution in [1.29, 1.82) is 0 Å². The van der Waals surface area contributed by atoms with E-state index in [-0.39, 0.29) is 16.8 Å². The number of anilines is 1. The predicted octanol–water partition coefficient (Wildman–Crippen LogP) is 4.78. The Morgan fingerprint density at radius 3 is 2.22 bits per heavy atom. The molecule has 2 aliphatic rings. The van der Waals surface area contributed by atoms with Crippen LogP contribution in [0.3, 0.4) is 0 Å². The van der Waals surface area contributed by atoms with E-state index in [1.54, 1.807) is 26.4 Å². The van der Waals surface area contributed by atoms with Crippen LogP contribution in [0, 0.1) is 5.41 Å². The van der Waals surface area contributed by atoms with Crippen molar-refractivity contribution in [1.82, 2.24) is 0 Å². The van der Waals surface area contributed by atoms with Crippen molar-refractivity contribution in [3.63, 3.8) is 0 Å². The molecule has 0 N–H and O–H groups in total. The minimum absolute atomic E-state index is 0.0781. The first-order chi connectivity index (χ1) is 12.8. The Bertz CT molecular complexity index is 610. The fourth-order valence-corrected chi connectivity index (χ4v) is 4.50. The van der Waals surface area contributed by atoms with E-state index in [2.05, 4.69) is 9.64 Å². The molecular weight excluding hydrogens is 359 g/mol. The molecular formula is C20H28F3NO3. The van der Waals surface area contributed by atoms with E-state index < -0.39 is 6.36 Å². The minimum Gasteiger partial charge on any atom is -0.406 e. The number of hydrogen-bond acceptors (Lipinski definition) is 4. The third-order valence-electron chi connectivity index (χ3n) is 6.29. The van der Waals surface area contributed by atoms with Gasteiger partial charge in [-0.15, -0.1) is 13.2 Å². The summed E-state index contributed by atoms with van der Waals surface area (Å²) >= 11 is 0. The average Bonchev–Trinajstić information content (AvgIpc) is 3.05. The second-order valence-corrected chi connectivity index (χ2v) is 7.84. The molecule has 0 bridgehead atoms. The van der Waals surface area contributed by atoms with Crippen LogP contribution in [0.1, 0.15) is 38.5 Å². The Labute approximate surface area is 158 Å². The molecule has 27 heavy (non-hydrogen) atoms. The second-order valence-electron chi connectivity index (χ2n) is 7.84. The van der Waals surface area contributed by atoms with E-state index in [0.29, 0.717) is 6.61 Å². The molecule has 1 saturated carbocycles. The fraction of sp³-hybridized carbons (Fsp3) is 0.700. The number of hydrogen-bond donors (Lipinski definition) is 0. The van der Waals surface area contributed by atoms with Crippen LogP contribution in [0.15, 0.2) is 24.3 Å². The first-order valence-corrected chi connectivity index (χ1v) is 9.44. The Morgan fingerprint density at radius 1 is 1.00 bits per heavy atom. The van der Waals surface area contributed by atoms with Gasteiger partial charge in [0.2, 0.25) is 0 Å². The van der Waals surface area contributed by atoms with E-state index >= 15 is 0 Å². The van der Waals surface area contributed by atoms with Gasteiger partial charge in [0.15, 0.2) is 0 Å². The number of benzene rings is 1. The standard InChI is InChI=1S/C20H28F3NO3/c1-25-14-12-19(26-2)9-7-18(8-10-19)11-13-24(15-18)16-3-5-17(6-4-16)27-20(21,22)23/h3-6H,7-15H2,1-2H3. The summed E-state index contributed by atoms with van der Waals surface area (Å²) in [5.74, 6) is -0.180. The quantitative estimate of drug-likeness (QED) is 0.703. The molecule has 4 nitrogen and oxygen atoms in total. The maximum absolute atomic E-state index is 12.3. The van der Waals surface area contributed by atoms with E-state index in [1.165, 1.54) is 12.1 Å². The van der Waals surface area contributed by atoms with Crippen molar-refractivity contribution >= 4 is 5.69 Å². The van der Waals surface area contributed by atoms with E-state index in [9.17, 15) is 13.2 Å². The molecule has 1 aliphatic carbocycles. The van der Waals surface area contributed by atoms with Gasteiger partial charge in [0.1, 0.15) is 5.75 Å². The van der Waals surface area contributed by atoms with Crippen molar-refractivity contribution < 1.29 is 27.4 Å². The first-order valence-electron chi connectivity index (χ1n) is 9.44. The highest BCUT2D eigenvalue weighted by atomic mass is 19.4. The first kappa shape index (κ1) is 20.3. The molecule has 1 heterocycles. The van der Waals surface area contributed by atoms with Crippen molar-refractivity contribution in [2.75, 3.05) is 38.8 Å². The molecule has 0 atom stereocenters. The van der Waals surface area contributed by atoms with E-state index in [0.717, 1.165) is 57.3 Å². The summed E-state index contributed by atoms with van der Waals surface area (Å²) in [7, 11) is 3.51. The lowest BCUT2D eigenvalue weighted by atomic mass is 9.67. The Balaban J connectivity index is 1.59. The number of nitrogens with zero attached hydrogens (tertiary/aromatic N) is 1. The number of methoxy groups -OCH3 is 2. The lowest BCUT2D eigenvalue weighted by Crippen LogP contribution is -2.42. The van der Waals surface area contributed by atoms with Gasteiger partial charge in [-0.05, 0) is 68.2 Å². The highest BCUT2D eigenvalue weighted by Crippen LogP contribution is 2.49. The van der Waals surface area contributed by atoms with Gasteiger partial charge in [-0.25, -0.2) is 0 Å². The Kier molecular flexibility index (Phi) is 5.91. The molecule has 7 heteroatoms. The van der Waals surface area contributed by atoms with Gasteiger partial charge in [0, 0.05) is 39.6 Å². The maximum Gasteiger partial charge on any atom is 0.573 e. The van der Waals surface area contributed by atoms with Crippen LogP contribution in [0.25, 0.3) is 0 Å². The van der Waals surface area contributed by atoms with Gasteiger partial charge < -0.3 is 19.1 Å². The zero-order valence-electron chi connectivity index (χ0n) is 16.0. The van der Waals surface area contributed by atoms with Crippen molar-refractivity contribution in [2.45, 2.75) is 50.5 Å². The van der Waals surface area contributed by atoms with Crippen LogP contribution < -0.4 is 9.64 Å². The van der Waals surface area contributed by atoms with E-state index in [4.69, 9.17) is 9.47 Å². The van der Waals surface area contributed by atoms with E-state index in [1.807, 2.05) is 0 Å². The van der Waals surface area contributed by atoms with Gasteiger partial charge in [0.05, 0.1) is 5.60 Å². The molecule has 152 valence electrons. The largest absolute Gasteiger partial charge is 0.573 e. The van der Waals surface area contributed by atoms with Crippen LogP contribution >= 0.6 is 0 Å². The van der Waals surface area contributed by atoms with Crippen LogP contribution in [0.2, 0.25) is 0 Å². The molecule has 0 radical (unpaired) electrons. The summed E-state index contributed by atoms with van der Waals surface area (Å²) in [6.07, 6.45) is 1.64. The lowest BCUT2D eigenvalue weighted by molar-refractivity contribution is -0.274. The molecule has 1 saturated heterocycles. The second kappa shape index (κ2) is 7.87. The molecule has 0 amide bonds. The highest BCUT2D eigenvalue weighted by molar-refractivity contribution is 5.50. The fourth-order valence-electron chi connectivity index (χ4n) is 4.50. The van der Waals surface area contributed by atoms with Crippen molar-refractivity contribution in [2.24, 2.45) is 5.41 Å². The molecule has 1 aliphatic heterocycles. The van der Waals surface area contributed by atoms with Crippen LogP contribution in [0.5, 0.6) is 5.75 Å². The topological polar surface area (TPSA) is 30.9 Å². The normalized spacial score (nSPS) is 28.7. The zero-order valence-corrected chi connectivity index (χ0v) is 16.0. The Hall–Kier alpha value is -1.47. The molecule has 2 fully saturated rings. The Morgan fingerprint density at radius 2 is 1.67 bits per heavy atom. The van der Waals surface area contributed by atoms with Gasteiger partial charge in [-0.3, -0.25) is 0 Å². The summed E-state index contributed by atoms with van der Waals surface area (Å²) in [5, 5.41) is 0. The van der Waals surface area contributed by atoms with Crippen molar-refractivity contribution in [3.05, 3.63) is 24.3 Å². The summed E-state index contributed by atoms with van der Waals surface area (Å²) in [6, 6.07) is 6.19. The SMILES string of the molecule is COCCC1(OC)CCC2(CCN(c3ccc(OC(F)(F)F)cc3)C2)CC1. The number of alkyl halides is 3. The maximum atomic E-state index is 12.3. The number of rotatable bonds is 6. The molecule has 3 rings (SSSR count). The highest BCUT2D eigenvalue weighted by Gasteiger charge is 2.46. The predicted molar refractivity (Wildman–Crippen MR) is 97.1 cm³/mol. The summed E-state index contributed by atoms with van der Waals surface area (Å²) < 4.78 is 51.9. The third-order valence-corrected chi connectivity index (χ3v) is 6.29.